The molecule has 2 N–H and O–H groups in total. The number of anilines is 1. The van der Waals surface area contributed by atoms with E-state index >= 15 is 0 Å². The van der Waals surface area contributed by atoms with Crippen molar-refractivity contribution in [2.24, 2.45) is 17.8 Å². The Balaban J connectivity index is 1.40. The molecule has 0 aromatic heterocycles. The number of amides is 1. The highest BCUT2D eigenvalue weighted by Gasteiger charge is 2.50. The number of aryl methyl sites for hydroxylation is 1. The second-order valence-electron chi connectivity index (χ2n) is 17.8. The highest BCUT2D eigenvalue weighted by Crippen LogP contribution is 2.50. The Morgan fingerprint density at radius 3 is 2.61 bits per heavy atom. The predicted molar refractivity (Wildman–Crippen MR) is 224 cm³/mol. The van der Waals surface area contributed by atoms with Crippen LogP contribution in [0.15, 0.2) is 42.5 Å². The topological polar surface area (TPSA) is 127 Å². The number of ether oxygens (including phenoxy) is 3. The molecule has 1 saturated carbocycles. The molecule has 0 radical (unpaired) electrons. The molecule has 7 rings (SSSR count). The number of carbonyl (C=O) groups excluding carboxylic acids is 2. The van der Waals surface area contributed by atoms with Crippen LogP contribution in [0.3, 0.4) is 0 Å². The number of piperazine rings is 1. The molecule has 11 nitrogen and oxygen atoms in total. The summed E-state index contributed by atoms with van der Waals surface area (Å²) in [7, 11) is -1.04. The Morgan fingerprint density at radius 1 is 1.12 bits per heavy atom. The first kappa shape index (κ1) is 42.1. The van der Waals surface area contributed by atoms with Crippen LogP contribution in [0.2, 0.25) is 5.02 Å². The number of benzene rings is 2. The zero-order valence-corrected chi connectivity index (χ0v) is 35.9. The fourth-order valence-electron chi connectivity index (χ4n) is 10.5. The van der Waals surface area contributed by atoms with Gasteiger partial charge >= 0.3 is 0 Å². The number of sulfonamides is 1. The van der Waals surface area contributed by atoms with Crippen molar-refractivity contribution in [3.05, 3.63) is 69.8 Å². The molecule has 3 aliphatic heterocycles. The van der Waals surface area contributed by atoms with E-state index in [1.165, 1.54) is 18.2 Å². The summed E-state index contributed by atoms with van der Waals surface area (Å²) >= 11 is 6.56. The molecule has 1 amide bonds. The molecular formula is C44H61ClN4O7S. The minimum atomic E-state index is -4.17. The summed E-state index contributed by atoms with van der Waals surface area (Å²) in [5.74, 6) is -0.300. The fraction of sp³-hybridized carbons (Fsp3) is 0.636. The van der Waals surface area contributed by atoms with Crippen molar-refractivity contribution in [2.45, 2.75) is 93.9 Å². The highest BCUT2D eigenvalue weighted by molar-refractivity contribution is 7.90. The maximum Gasteiger partial charge on any atom is 0.264 e. The third kappa shape index (κ3) is 8.41. The lowest BCUT2D eigenvalue weighted by molar-refractivity contribution is -0.135. The molecule has 5 aliphatic rings. The molecule has 2 bridgehead atoms. The third-order valence-electron chi connectivity index (χ3n) is 13.8. The molecule has 2 aromatic carbocycles. The lowest BCUT2D eigenvalue weighted by Gasteiger charge is -2.48. The Kier molecular flexibility index (Phi) is 12.5. The van der Waals surface area contributed by atoms with E-state index in [2.05, 4.69) is 45.8 Å². The van der Waals surface area contributed by atoms with E-state index in [1.807, 2.05) is 37.3 Å². The number of carbonyl (C=O) groups is 2. The average molecular weight is 826 g/mol. The maximum atomic E-state index is 14.4. The molecule has 3 heterocycles. The Labute approximate surface area is 344 Å². The van der Waals surface area contributed by atoms with Gasteiger partial charge in [-0.2, -0.15) is 0 Å². The van der Waals surface area contributed by atoms with E-state index in [0.29, 0.717) is 37.6 Å². The predicted octanol–water partition coefficient (Wildman–Crippen LogP) is 5.71. The van der Waals surface area contributed by atoms with E-state index in [0.717, 1.165) is 81.6 Å². The van der Waals surface area contributed by atoms with Gasteiger partial charge in [-0.25, -0.2) is 13.1 Å². The van der Waals surface area contributed by atoms with E-state index in [4.69, 9.17) is 25.8 Å². The van der Waals surface area contributed by atoms with Crippen molar-refractivity contribution < 1.29 is 32.2 Å². The number of fused-ring (bicyclic) bond motifs is 4. The number of aldehydes is 1. The average Bonchev–Trinajstić information content (AvgIpc) is 3.32. The molecule has 1 spiro atoms. The van der Waals surface area contributed by atoms with Crippen molar-refractivity contribution in [1.29, 1.82) is 0 Å². The van der Waals surface area contributed by atoms with Gasteiger partial charge in [0.2, 0.25) is 10.0 Å². The molecule has 13 heteroatoms. The summed E-state index contributed by atoms with van der Waals surface area (Å²) in [6.07, 6.45) is 10.4. The van der Waals surface area contributed by atoms with Gasteiger partial charge in [0.25, 0.3) is 5.91 Å². The van der Waals surface area contributed by atoms with Crippen LogP contribution < -0.4 is 19.7 Å². The van der Waals surface area contributed by atoms with Crippen molar-refractivity contribution in [1.82, 2.24) is 14.9 Å². The molecular weight excluding hydrogens is 764 g/mol. The van der Waals surface area contributed by atoms with Crippen molar-refractivity contribution >= 4 is 39.5 Å². The zero-order chi connectivity index (χ0) is 40.6. The molecule has 1 saturated heterocycles. The lowest BCUT2D eigenvalue weighted by Crippen LogP contribution is -2.54. The van der Waals surface area contributed by atoms with Gasteiger partial charge in [0.05, 0.1) is 17.5 Å². The summed E-state index contributed by atoms with van der Waals surface area (Å²) in [6, 6.07) is 9.90. The highest BCUT2D eigenvalue weighted by atomic mass is 35.5. The van der Waals surface area contributed by atoms with Crippen LogP contribution in [0.25, 0.3) is 0 Å². The van der Waals surface area contributed by atoms with E-state index in [1.54, 1.807) is 7.11 Å². The van der Waals surface area contributed by atoms with Gasteiger partial charge in [-0.3, -0.25) is 14.5 Å². The molecule has 2 aromatic rings. The molecule has 2 aliphatic carbocycles. The maximum absolute atomic E-state index is 14.4. The summed E-state index contributed by atoms with van der Waals surface area (Å²) in [6.45, 7) is 11.8. The number of hydrogen-bond acceptors (Lipinski definition) is 10. The van der Waals surface area contributed by atoms with Gasteiger partial charge < -0.3 is 24.4 Å². The molecule has 6 atom stereocenters. The normalized spacial score (nSPS) is 31.2. The second kappa shape index (κ2) is 16.9. The van der Waals surface area contributed by atoms with Crippen LogP contribution in [0.5, 0.6) is 5.75 Å². The summed E-state index contributed by atoms with van der Waals surface area (Å²) in [4.78, 5) is 32.4. The number of halogens is 1. The third-order valence-corrected chi connectivity index (χ3v) is 16.0. The quantitative estimate of drug-likeness (QED) is 0.253. The van der Waals surface area contributed by atoms with Gasteiger partial charge in [-0.05, 0) is 124 Å². The number of allylic oxidation sites excluding steroid dienone is 1. The SMILES string of the molecule is COCC[C@@H]1[C@@H](C)C/C=C/[C@@](C=O)(OC)[C@@H]2CC[C@H]2CN2C[C@@]3(CCCc4cc(Cl)ccc43)COc3c(CC(C)(C)N4CCNCC4)cc(cc32)C(=O)NS1(=O)=O. The smallest absolute Gasteiger partial charge is 0.264 e. The first-order chi connectivity index (χ1) is 27.2. The Morgan fingerprint density at radius 2 is 1.91 bits per heavy atom. The van der Waals surface area contributed by atoms with E-state index in [-0.39, 0.29) is 47.3 Å². The van der Waals surface area contributed by atoms with E-state index in [9.17, 15) is 18.0 Å². The molecule has 2 fully saturated rings. The zero-order valence-electron chi connectivity index (χ0n) is 34.3. The molecule has 0 unspecified atom stereocenters. The molecule has 312 valence electrons. The van der Waals surface area contributed by atoms with Crippen molar-refractivity contribution in [2.75, 3.05) is 71.6 Å². The monoisotopic (exact) mass is 824 g/mol. The minimum absolute atomic E-state index is 0.0916. The van der Waals surface area contributed by atoms with Gasteiger partial charge in [-0.15, -0.1) is 0 Å². The Bertz CT molecular complexity index is 1950. The van der Waals surface area contributed by atoms with Gasteiger partial charge in [-0.1, -0.05) is 30.7 Å². The van der Waals surface area contributed by atoms with E-state index < -0.39 is 26.8 Å². The molecule has 57 heavy (non-hydrogen) atoms. The largest absolute Gasteiger partial charge is 0.490 e. The first-order valence-electron chi connectivity index (χ1n) is 20.8. The summed E-state index contributed by atoms with van der Waals surface area (Å²) < 4.78 is 49.5. The minimum Gasteiger partial charge on any atom is -0.490 e. The van der Waals surface area contributed by atoms with Crippen LogP contribution >= 0.6 is 11.6 Å². The van der Waals surface area contributed by atoms with Crippen LogP contribution in [0.1, 0.15) is 86.3 Å². The van der Waals surface area contributed by atoms with Gasteiger partial charge in [0.15, 0.2) is 6.29 Å². The lowest BCUT2D eigenvalue weighted by atomic mass is 9.64. The summed E-state index contributed by atoms with van der Waals surface area (Å²) in [5, 5.41) is 3.25. The van der Waals surface area contributed by atoms with Crippen LogP contribution in [-0.2, 0) is 42.5 Å². The number of hydrogen-bond donors (Lipinski definition) is 2. The second-order valence-corrected chi connectivity index (χ2v) is 20.2. The summed E-state index contributed by atoms with van der Waals surface area (Å²) in [5.41, 5.74) is 2.54. The fourth-order valence-corrected chi connectivity index (χ4v) is 12.3. The van der Waals surface area contributed by atoms with Crippen molar-refractivity contribution in [3.63, 3.8) is 0 Å². The van der Waals surface area contributed by atoms with Gasteiger partial charge in [0, 0.05) is 87.6 Å². The van der Waals surface area contributed by atoms with Crippen molar-refractivity contribution in [3.8, 4) is 5.75 Å². The number of rotatable bonds is 8. The van der Waals surface area contributed by atoms with Gasteiger partial charge in [0.1, 0.15) is 11.4 Å². The number of nitrogens with zero attached hydrogens (tertiary/aromatic N) is 2. The van der Waals surface area contributed by atoms with Crippen LogP contribution in [0, 0.1) is 17.8 Å². The number of methoxy groups -OCH3 is 2. The van der Waals surface area contributed by atoms with Crippen LogP contribution in [0.4, 0.5) is 5.69 Å². The number of nitrogens with one attached hydrogen (secondary N) is 2. The first-order valence-corrected chi connectivity index (χ1v) is 22.7. The van der Waals surface area contributed by atoms with Crippen LogP contribution in [-0.4, -0.2) is 109 Å². The Hall–Kier alpha value is -3.00. The standard InChI is InChI=1S/C44H61ClN4O7S/c1-30-8-6-16-44(28-50,55-5)37-12-10-32(37)26-48-27-43(15-7-9-31-23-35(45)11-13-36(31)43)29-56-40-34(25-42(2,3)49-19-17-46-18-20-49)22-33(24-38(40)48)41(51)47-57(52,53)39(30)14-21-54-4/h6,11,13,16,22-24,28,30,32,37,39,46H,7-10,12,14-15,17-21,25-27,29H2,1-5H3,(H,47,51)/b16-6+/t30-,32-,37+,39+,43-,44-/m0/s1.